The molecule has 0 radical (unpaired) electrons. The van der Waals surface area contributed by atoms with E-state index in [1.807, 2.05) is 6.92 Å². The SMILES string of the molecule is C[C@@H](CO)C[C@H](CO)N(C(=O)O)C(C)(C)C. The average Bonchev–Trinajstić information content (AvgIpc) is 2.13. The zero-order valence-electron chi connectivity index (χ0n) is 10.5. The van der Waals surface area contributed by atoms with Crippen molar-refractivity contribution in [2.45, 2.75) is 45.7 Å². The fourth-order valence-electron chi connectivity index (χ4n) is 1.79. The third kappa shape index (κ3) is 4.37. The van der Waals surface area contributed by atoms with Crippen molar-refractivity contribution in [3.05, 3.63) is 0 Å². The highest BCUT2D eigenvalue weighted by Gasteiger charge is 2.33. The molecular formula is C11H23NO4. The van der Waals surface area contributed by atoms with E-state index in [1.54, 1.807) is 20.8 Å². The van der Waals surface area contributed by atoms with E-state index in [4.69, 9.17) is 10.2 Å². The van der Waals surface area contributed by atoms with Crippen LogP contribution in [0.3, 0.4) is 0 Å². The normalized spacial score (nSPS) is 15.6. The van der Waals surface area contributed by atoms with Crippen molar-refractivity contribution in [2.24, 2.45) is 5.92 Å². The Morgan fingerprint density at radius 1 is 1.25 bits per heavy atom. The molecule has 0 spiro atoms. The van der Waals surface area contributed by atoms with Crippen LogP contribution in [0.15, 0.2) is 0 Å². The molecule has 0 aliphatic heterocycles. The van der Waals surface area contributed by atoms with Gasteiger partial charge in [0.1, 0.15) is 0 Å². The van der Waals surface area contributed by atoms with Gasteiger partial charge in [0, 0.05) is 12.1 Å². The summed E-state index contributed by atoms with van der Waals surface area (Å²) >= 11 is 0. The predicted molar refractivity (Wildman–Crippen MR) is 61.4 cm³/mol. The molecule has 0 aromatic rings. The summed E-state index contributed by atoms with van der Waals surface area (Å²) in [7, 11) is 0. The maximum Gasteiger partial charge on any atom is 0.408 e. The number of aliphatic hydroxyl groups excluding tert-OH is 2. The van der Waals surface area contributed by atoms with Crippen LogP contribution in [0, 0.1) is 5.92 Å². The van der Waals surface area contributed by atoms with Gasteiger partial charge in [0.05, 0.1) is 12.6 Å². The summed E-state index contributed by atoms with van der Waals surface area (Å²) in [6, 6.07) is -0.473. The molecule has 2 atom stereocenters. The molecule has 0 saturated carbocycles. The van der Waals surface area contributed by atoms with E-state index in [9.17, 15) is 9.90 Å². The second kappa shape index (κ2) is 6.06. The summed E-state index contributed by atoms with van der Waals surface area (Å²) < 4.78 is 0. The fraction of sp³-hybridized carbons (Fsp3) is 0.909. The lowest BCUT2D eigenvalue weighted by Gasteiger charge is -2.39. The van der Waals surface area contributed by atoms with Crippen molar-refractivity contribution >= 4 is 6.09 Å². The average molecular weight is 233 g/mol. The van der Waals surface area contributed by atoms with E-state index < -0.39 is 17.7 Å². The Morgan fingerprint density at radius 3 is 2.00 bits per heavy atom. The van der Waals surface area contributed by atoms with Gasteiger partial charge >= 0.3 is 6.09 Å². The summed E-state index contributed by atoms with van der Waals surface area (Å²) in [4.78, 5) is 12.4. The molecule has 0 bridgehead atoms. The molecule has 0 fully saturated rings. The summed E-state index contributed by atoms with van der Waals surface area (Å²) in [6.45, 7) is 6.95. The highest BCUT2D eigenvalue weighted by atomic mass is 16.4. The van der Waals surface area contributed by atoms with Crippen LogP contribution in [0.2, 0.25) is 0 Å². The van der Waals surface area contributed by atoms with Crippen LogP contribution in [-0.2, 0) is 0 Å². The van der Waals surface area contributed by atoms with Crippen molar-refractivity contribution in [3.63, 3.8) is 0 Å². The van der Waals surface area contributed by atoms with Crippen molar-refractivity contribution in [3.8, 4) is 0 Å². The minimum atomic E-state index is -1.04. The van der Waals surface area contributed by atoms with Crippen molar-refractivity contribution in [1.82, 2.24) is 4.90 Å². The van der Waals surface area contributed by atoms with Gasteiger partial charge in [-0.15, -0.1) is 0 Å². The van der Waals surface area contributed by atoms with Crippen LogP contribution < -0.4 is 0 Å². The van der Waals surface area contributed by atoms with Gasteiger partial charge in [-0.25, -0.2) is 4.79 Å². The standard InChI is InChI=1S/C11H23NO4/c1-8(6-13)5-9(7-14)12(10(15)16)11(2,3)4/h8-9,13-14H,5-7H2,1-4H3,(H,15,16)/t8-,9-/m1/s1. The van der Waals surface area contributed by atoms with Gasteiger partial charge in [0.2, 0.25) is 0 Å². The Kier molecular flexibility index (Phi) is 5.75. The monoisotopic (exact) mass is 233 g/mol. The van der Waals surface area contributed by atoms with Gasteiger partial charge in [-0.1, -0.05) is 6.92 Å². The lowest BCUT2D eigenvalue weighted by atomic mass is 9.97. The second-order valence-electron chi connectivity index (χ2n) is 5.18. The minimum absolute atomic E-state index is 0.00585. The third-order valence-corrected chi connectivity index (χ3v) is 2.49. The number of carbonyl (C=O) groups is 1. The Bertz CT molecular complexity index is 225. The number of carboxylic acid groups (broad SMARTS) is 1. The van der Waals surface area contributed by atoms with Crippen LogP contribution >= 0.6 is 0 Å². The minimum Gasteiger partial charge on any atom is -0.465 e. The number of hydrogen-bond donors (Lipinski definition) is 3. The summed E-state index contributed by atoms with van der Waals surface area (Å²) in [5.74, 6) is -0.0265. The Labute approximate surface area is 96.7 Å². The Hall–Kier alpha value is -0.810. The van der Waals surface area contributed by atoms with Crippen LogP contribution in [0.1, 0.15) is 34.1 Å². The molecule has 16 heavy (non-hydrogen) atoms. The smallest absolute Gasteiger partial charge is 0.408 e. The first-order valence-electron chi connectivity index (χ1n) is 5.48. The highest BCUT2D eigenvalue weighted by molar-refractivity contribution is 5.66. The van der Waals surface area contributed by atoms with Gasteiger partial charge in [-0.05, 0) is 33.1 Å². The summed E-state index contributed by atoms with van der Waals surface area (Å²) in [5, 5.41) is 27.4. The molecular weight excluding hydrogens is 210 g/mol. The summed E-state index contributed by atoms with van der Waals surface area (Å²) in [5.41, 5.74) is -0.561. The lowest BCUT2D eigenvalue weighted by molar-refractivity contribution is 0.0335. The quantitative estimate of drug-likeness (QED) is 0.665. The molecule has 0 unspecified atom stereocenters. The van der Waals surface area contributed by atoms with E-state index in [2.05, 4.69) is 0 Å². The van der Waals surface area contributed by atoms with E-state index in [-0.39, 0.29) is 19.1 Å². The Morgan fingerprint density at radius 2 is 1.75 bits per heavy atom. The zero-order chi connectivity index (χ0) is 12.9. The molecule has 0 heterocycles. The van der Waals surface area contributed by atoms with Crippen LogP contribution in [0.5, 0.6) is 0 Å². The number of rotatable bonds is 5. The molecule has 0 aromatic carbocycles. The number of amides is 1. The highest BCUT2D eigenvalue weighted by Crippen LogP contribution is 2.21. The first-order valence-corrected chi connectivity index (χ1v) is 5.48. The van der Waals surface area contributed by atoms with Crippen molar-refractivity contribution in [2.75, 3.05) is 13.2 Å². The number of nitrogens with zero attached hydrogens (tertiary/aromatic N) is 1. The van der Waals surface area contributed by atoms with Gasteiger partial charge in [-0.3, -0.25) is 4.90 Å². The zero-order valence-corrected chi connectivity index (χ0v) is 10.5. The molecule has 0 rings (SSSR count). The van der Waals surface area contributed by atoms with E-state index >= 15 is 0 Å². The fourth-order valence-corrected chi connectivity index (χ4v) is 1.79. The van der Waals surface area contributed by atoms with E-state index in [0.29, 0.717) is 6.42 Å². The molecule has 0 saturated heterocycles. The lowest BCUT2D eigenvalue weighted by Crippen LogP contribution is -2.53. The largest absolute Gasteiger partial charge is 0.465 e. The molecule has 3 N–H and O–H groups in total. The molecule has 0 aliphatic rings. The van der Waals surface area contributed by atoms with Crippen molar-refractivity contribution in [1.29, 1.82) is 0 Å². The topological polar surface area (TPSA) is 81.0 Å². The predicted octanol–water partition coefficient (Wildman–Crippen LogP) is 1.14. The van der Waals surface area contributed by atoms with Crippen LogP contribution in [0.25, 0.3) is 0 Å². The van der Waals surface area contributed by atoms with Crippen LogP contribution in [0.4, 0.5) is 4.79 Å². The maximum atomic E-state index is 11.2. The van der Waals surface area contributed by atoms with Gasteiger partial charge < -0.3 is 15.3 Å². The van der Waals surface area contributed by atoms with Crippen LogP contribution in [-0.4, -0.2) is 51.1 Å². The van der Waals surface area contributed by atoms with E-state index in [1.165, 1.54) is 4.90 Å². The molecule has 0 aromatic heterocycles. The molecule has 0 aliphatic carbocycles. The van der Waals surface area contributed by atoms with Gasteiger partial charge in [-0.2, -0.15) is 0 Å². The number of aliphatic hydroxyl groups is 2. The second-order valence-corrected chi connectivity index (χ2v) is 5.18. The molecule has 5 nitrogen and oxygen atoms in total. The maximum absolute atomic E-state index is 11.2. The third-order valence-electron chi connectivity index (χ3n) is 2.49. The molecule has 96 valence electrons. The first-order chi connectivity index (χ1) is 7.23. The molecule has 1 amide bonds. The number of hydrogen-bond acceptors (Lipinski definition) is 3. The summed E-state index contributed by atoms with van der Waals surface area (Å²) in [6.07, 6.45) is -0.590. The first kappa shape index (κ1) is 15.2. The van der Waals surface area contributed by atoms with Crippen molar-refractivity contribution < 1.29 is 20.1 Å². The van der Waals surface area contributed by atoms with Gasteiger partial charge in [0.15, 0.2) is 0 Å². The Balaban J connectivity index is 4.80. The molecule has 5 heteroatoms. The van der Waals surface area contributed by atoms with E-state index in [0.717, 1.165) is 0 Å². The van der Waals surface area contributed by atoms with Gasteiger partial charge in [0.25, 0.3) is 0 Å².